The lowest BCUT2D eigenvalue weighted by atomic mass is 9.98. The molecule has 0 spiro atoms. The molecule has 1 amide bonds. The highest BCUT2D eigenvalue weighted by Crippen LogP contribution is 2.20. The average Bonchev–Trinajstić information content (AvgIpc) is 2.54. The minimum Gasteiger partial charge on any atom is -0.330 e. The molecule has 0 bridgehead atoms. The highest BCUT2D eigenvalue weighted by molar-refractivity contribution is 6.07. The van der Waals surface area contributed by atoms with Gasteiger partial charge in [-0.15, -0.1) is 0 Å². The summed E-state index contributed by atoms with van der Waals surface area (Å²) in [7, 11) is 3.98. The molecule has 0 saturated heterocycles. The Morgan fingerprint density at radius 3 is 2.69 bits per heavy atom. The number of carbonyl (C=O) groups excluding carboxylic acids is 1. The molecule has 0 saturated carbocycles. The summed E-state index contributed by atoms with van der Waals surface area (Å²) in [6, 6.07) is 0. The number of amides is 1. The first kappa shape index (κ1) is 13.1. The molecule has 5 nitrogen and oxygen atoms in total. The predicted molar refractivity (Wildman–Crippen MR) is 65.2 cm³/mol. The van der Waals surface area contributed by atoms with Gasteiger partial charge in [-0.3, -0.25) is 4.79 Å². The van der Waals surface area contributed by atoms with Crippen LogP contribution in [0.15, 0.2) is 5.10 Å². The topological polar surface area (TPSA) is 61.9 Å². The first-order valence-electron chi connectivity index (χ1n) is 5.83. The van der Waals surface area contributed by atoms with Gasteiger partial charge in [-0.25, -0.2) is 5.01 Å². The van der Waals surface area contributed by atoms with Gasteiger partial charge < -0.3 is 10.6 Å². The van der Waals surface area contributed by atoms with Gasteiger partial charge in [-0.2, -0.15) is 5.10 Å². The molecule has 1 rings (SSSR count). The largest absolute Gasteiger partial charge is 0.330 e. The molecule has 0 aromatic heterocycles. The highest BCUT2D eigenvalue weighted by atomic mass is 16.2. The maximum atomic E-state index is 12.0. The maximum absolute atomic E-state index is 12.0. The summed E-state index contributed by atoms with van der Waals surface area (Å²) in [5.41, 5.74) is 6.50. The summed E-state index contributed by atoms with van der Waals surface area (Å²) in [6.45, 7) is 4.07. The van der Waals surface area contributed by atoms with Crippen molar-refractivity contribution in [3.05, 3.63) is 0 Å². The molecule has 5 heteroatoms. The average molecular weight is 226 g/mol. The van der Waals surface area contributed by atoms with Crippen LogP contribution in [0.25, 0.3) is 0 Å². The monoisotopic (exact) mass is 226 g/mol. The molecule has 0 aromatic rings. The lowest BCUT2D eigenvalue weighted by Gasteiger charge is -2.16. The molecule has 0 radical (unpaired) electrons. The van der Waals surface area contributed by atoms with E-state index < -0.39 is 0 Å². The summed E-state index contributed by atoms with van der Waals surface area (Å²) < 4.78 is 0. The Morgan fingerprint density at radius 1 is 1.50 bits per heavy atom. The molecular weight excluding hydrogens is 204 g/mol. The number of rotatable bonds is 6. The molecule has 2 N–H and O–H groups in total. The van der Waals surface area contributed by atoms with Crippen LogP contribution in [0.1, 0.15) is 19.8 Å². The summed E-state index contributed by atoms with van der Waals surface area (Å²) >= 11 is 0. The van der Waals surface area contributed by atoms with Gasteiger partial charge in [0, 0.05) is 6.54 Å². The van der Waals surface area contributed by atoms with Gasteiger partial charge >= 0.3 is 0 Å². The van der Waals surface area contributed by atoms with E-state index in [1.807, 2.05) is 25.9 Å². The van der Waals surface area contributed by atoms with Crippen molar-refractivity contribution in [1.29, 1.82) is 0 Å². The third-order valence-corrected chi connectivity index (χ3v) is 2.78. The van der Waals surface area contributed by atoms with Gasteiger partial charge in [0.25, 0.3) is 5.91 Å². The second-order valence-corrected chi connectivity index (χ2v) is 4.34. The van der Waals surface area contributed by atoms with Gasteiger partial charge in [-0.05, 0) is 33.5 Å². The normalized spacial score (nSPS) is 20.8. The second-order valence-electron chi connectivity index (χ2n) is 4.34. The Labute approximate surface area is 97.3 Å². The van der Waals surface area contributed by atoms with Crippen LogP contribution in [-0.4, -0.2) is 55.3 Å². The zero-order valence-corrected chi connectivity index (χ0v) is 10.4. The molecule has 0 fully saturated rings. The number of nitrogens with zero attached hydrogens (tertiary/aromatic N) is 3. The Bertz CT molecular complexity index is 275. The summed E-state index contributed by atoms with van der Waals surface area (Å²) in [5.74, 6) is 0.0429. The molecule has 0 aromatic carbocycles. The molecular formula is C11H22N4O. The van der Waals surface area contributed by atoms with Crippen LogP contribution >= 0.6 is 0 Å². The van der Waals surface area contributed by atoms with Crippen LogP contribution in [0.4, 0.5) is 0 Å². The van der Waals surface area contributed by atoms with Crippen molar-refractivity contribution in [1.82, 2.24) is 9.91 Å². The SMILES string of the molecule is CCC1=NN(CCN(C)C)C(=O)C1CCN. The van der Waals surface area contributed by atoms with Crippen molar-refractivity contribution in [3.63, 3.8) is 0 Å². The fraction of sp³-hybridized carbons (Fsp3) is 0.818. The fourth-order valence-electron chi connectivity index (χ4n) is 1.83. The Kier molecular flexibility index (Phi) is 4.89. The molecule has 1 heterocycles. The minimum atomic E-state index is -0.0721. The van der Waals surface area contributed by atoms with E-state index in [4.69, 9.17) is 5.73 Å². The first-order chi connectivity index (χ1) is 7.60. The van der Waals surface area contributed by atoms with Crippen molar-refractivity contribution < 1.29 is 4.79 Å². The van der Waals surface area contributed by atoms with Crippen LogP contribution in [-0.2, 0) is 4.79 Å². The molecule has 0 aliphatic carbocycles. The molecule has 16 heavy (non-hydrogen) atoms. The van der Waals surface area contributed by atoms with Crippen LogP contribution < -0.4 is 5.73 Å². The Morgan fingerprint density at radius 2 is 2.19 bits per heavy atom. The maximum Gasteiger partial charge on any atom is 0.251 e. The predicted octanol–water partition coefficient (Wildman–Crippen LogP) is 0.121. The van der Waals surface area contributed by atoms with E-state index in [1.54, 1.807) is 5.01 Å². The highest BCUT2D eigenvalue weighted by Gasteiger charge is 2.33. The minimum absolute atomic E-state index is 0.0721. The van der Waals surface area contributed by atoms with Crippen molar-refractivity contribution >= 4 is 11.6 Å². The van der Waals surface area contributed by atoms with E-state index in [2.05, 4.69) is 5.10 Å². The first-order valence-corrected chi connectivity index (χ1v) is 5.83. The van der Waals surface area contributed by atoms with Gasteiger partial charge in [0.2, 0.25) is 0 Å². The number of hydrazone groups is 1. The van der Waals surface area contributed by atoms with Gasteiger partial charge in [-0.1, -0.05) is 6.92 Å². The van der Waals surface area contributed by atoms with E-state index in [9.17, 15) is 4.79 Å². The zero-order chi connectivity index (χ0) is 12.1. The summed E-state index contributed by atoms with van der Waals surface area (Å²) in [5, 5.41) is 5.97. The number of hydrogen-bond donors (Lipinski definition) is 1. The Balaban J connectivity index is 2.61. The quantitative estimate of drug-likeness (QED) is 0.700. The van der Waals surface area contributed by atoms with Gasteiger partial charge in [0.15, 0.2) is 0 Å². The van der Waals surface area contributed by atoms with Crippen LogP contribution in [0, 0.1) is 5.92 Å². The summed E-state index contributed by atoms with van der Waals surface area (Å²) in [6.07, 6.45) is 1.54. The Hall–Kier alpha value is -0.940. The van der Waals surface area contributed by atoms with Crippen LogP contribution in [0.3, 0.4) is 0 Å². The molecule has 1 unspecified atom stereocenters. The lowest BCUT2D eigenvalue weighted by molar-refractivity contribution is -0.132. The van der Waals surface area contributed by atoms with Crippen LogP contribution in [0.5, 0.6) is 0 Å². The van der Waals surface area contributed by atoms with Gasteiger partial charge in [0.05, 0.1) is 18.2 Å². The zero-order valence-electron chi connectivity index (χ0n) is 10.4. The van der Waals surface area contributed by atoms with E-state index in [-0.39, 0.29) is 11.8 Å². The lowest BCUT2D eigenvalue weighted by Crippen LogP contribution is -2.33. The van der Waals surface area contributed by atoms with Gasteiger partial charge in [0.1, 0.15) is 0 Å². The number of nitrogens with two attached hydrogens (primary N) is 1. The standard InChI is InChI=1S/C11H22N4O/c1-4-10-9(5-6-12)11(16)15(13-10)8-7-14(2)3/h9H,4-8,12H2,1-3H3. The number of likely N-dealkylation sites (N-methyl/N-ethyl adjacent to an activating group) is 1. The van der Waals surface area contributed by atoms with Crippen molar-refractivity contribution in [2.75, 3.05) is 33.7 Å². The molecule has 1 aliphatic heterocycles. The molecule has 1 atom stereocenters. The fourth-order valence-corrected chi connectivity index (χ4v) is 1.83. The third kappa shape index (κ3) is 3.02. The van der Waals surface area contributed by atoms with E-state index in [1.165, 1.54) is 0 Å². The van der Waals surface area contributed by atoms with E-state index >= 15 is 0 Å². The van der Waals surface area contributed by atoms with Crippen molar-refractivity contribution in [2.45, 2.75) is 19.8 Å². The van der Waals surface area contributed by atoms with Crippen molar-refractivity contribution in [2.24, 2.45) is 16.8 Å². The second kappa shape index (κ2) is 5.96. The smallest absolute Gasteiger partial charge is 0.251 e. The number of hydrogen-bond acceptors (Lipinski definition) is 4. The van der Waals surface area contributed by atoms with Crippen molar-refractivity contribution in [3.8, 4) is 0 Å². The molecule has 92 valence electrons. The summed E-state index contributed by atoms with van der Waals surface area (Å²) in [4.78, 5) is 14.1. The van der Waals surface area contributed by atoms with Crippen LogP contribution in [0.2, 0.25) is 0 Å². The number of carbonyl (C=O) groups is 1. The third-order valence-electron chi connectivity index (χ3n) is 2.78. The molecule has 1 aliphatic rings. The van der Waals surface area contributed by atoms with E-state index in [0.717, 1.165) is 18.7 Å². The van der Waals surface area contributed by atoms with E-state index in [0.29, 0.717) is 19.5 Å².